The molecule has 1 aliphatic heterocycles. The minimum Gasteiger partial charge on any atom is -0.378 e. The number of nitrogens with zero attached hydrogens (tertiary/aromatic N) is 3. The molecule has 0 aliphatic carbocycles. The molecular formula is C19H18ClN3O3S3. The van der Waals surface area contributed by atoms with E-state index in [1.165, 1.54) is 23.1 Å². The first-order chi connectivity index (χ1) is 13.7. The Balaban J connectivity index is 1.94. The average Bonchev–Trinajstić information content (AvgIpc) is 3.22. The first-order valence-electron chi connectivity index (χ1n) is 8.41. The van der Waals surface area contributed by atoms with Crippen LogP contribution in [0.3, 0.4) is 0 Å². The van der Waals surface area contributed by atoms with E-state index in [0.717, 1.165) is 34.3 Å². The molecule has 1 aromatic carbocycles. The molecule has 2 aromatic rings. The van der Waals surface area contributed by atoms with Gasteiger partial charge in [0.05, 0.1) is 9.24 Å². The van der Waals surface area contributed by atoms with Gasteiger partial charge in [-0.3, -0.25) is 9.69 Å². The zero-order valence-corrected chi connectivity index (χ0v) is 18.9. The number of halogens is 1. The Labute approximate surface area is 183 Å². The van der Waals surface area contributed by atoms with E-state index < -0.39 is 10.0 Å². The highest BCUT2D eigenvalue weighted by molar-refractivity contribution is 8.19. The summed E-state index contributed by atoms with van der Waals surface area (Å²) < 4.78 is 29.4. The van der Waals surface area contributed by atoms with E-state index in [4.69, 9.17) is 11.6 Å². The molecule has 1 aliphatic rings. The third-order valence-electron chi connectivity index (χ3n) is 3.91. The van der Waals surface area contributed by atoms with Crippen molar-refractivity contribution >= 4 is 67.6 Å². The summed E-state index contributed by atoms with van der Waals surface area (Å²) in [6.07, 6.45) is 3.25. The van der Waals surface area contributed by atoms with Gasteiger partial charge in [0.1, 0.15) is 4.21 Å². The summed E-state index contributed by atoms with van der Waals surface area (Å²) in [6.45, 7) is 3.79. The Morgan fingerprint density at radius 1 is 1.21 bits per heavy atom. The predicted molar refractivity (Wildman–Crippen MR) is 122 cm³/mol. The lowest BCUT2D eigenvalue weighted by Gasteiger charge is -2.12. The van der Waals surface area contributed by atoms with Crippen LogP contribution in [-0.2, 0) is 14.8 Å². The van der Waals surface area contributed by atoms with Crippen molar-refractivity contribution in [2.45, 2.75) is 4.21 Å². The maximum Gasteiger partial charge on any atom is 0.294 e. The normalized spacial score (nSPS) is 17.3. The van der Waals surface area contributed by atoms with Gasteiger partial charge in [-0.2, -0.15) is 8.42 Å². The van der Waals surface area contributed by atoms with Crippen LogP contribution in [0.1, 0.15) is 5.56 Å². The number of thiophene rings is 1. The Kier molecular flexibility index (Phi) is 6.52. The quantitative estimate of drug-likeness (QED) is 0.467. The Morgan fingerprint density at radius 2 is 1.90 bits per heavy atom. The fourth-order valence-corrected chi connectivity index (χ4v) is 6.12. The summed E-state index contributed by atoms with van der Waals surface area (Å²) in [5.41, 5.74) is 1.87. The Hall–Kier alpha value is -2.07. The van der Waals surface area contributed by atoms with E-state index in [2.05, 4.69) is 11.0 Å². The molecule has 0 N–H and O–H groups in total. The van der Waals surface area contributed by atoms with Crippen LogP contribution < -0.4 is 4.90 Å². The van der Waals surface area contributed by atoms with E-state index in [0.29, 0.717) is 9.24 Å². The van der Waals surface area contributed by atoms with Gasteiger partial charge < -0.3 is 4.90 Å². The molecule has 10 heteroatoms. The monoisotopic (exact) mass is 467 g/mol. The van der Waals surface area contributed by atoms with Crippen LogP contribution in [0.5, 0.6) is 0 Å². The van der Waals surface area contributed by atoms with Gasteiger partial charge in [-0.1, -0.05) is 29.8 Å². The van der Waals surface area contributed by atoms with E-state index in [1.54, 1.807) is 6.08 Å². The van der Waals surface area contributed by atoms with Gasteiger partial charge in [0.2, 0.25) is 0 Å². The van der Waals surface area contributed by atoms with Gasteiger partial charge in [0.25, 0.3) is 15.9 Å². The fourth-order valence-electron chi connectivity index (χ4n) is 2.47. The molecular weight excluding hydrogens is 450 g/mol. The van der Waals surface area contributed by atoms with Crippen molar-refractivity contribution in [3.05, 3.63) is 63.9 Å². The molecule has 1 amide bonds. The van der Waals surface area contributed by atoms with Gasteiger partial charge in [-0.25, -0.2) is 0 Å². The third kappa shape index (κ3) is 4.92. The van der Waals surface area contributed by atoms with Crippen molar-refractivity contribution < 1.29 is 13.2 Å². The summed E-state index contributed by atoms with van der Waals surface area (Å²) in [5, 5.41) is 0.0931. The van der Waals surface area contributed by atoms with E-state index in [9.17, 15) is 13.2 Å². The summed E-state index contributed by atoms with van der Waals surface area (Å²) in [5.74, 6) is -0.315. The SMILES string of the molecule is C=CCN1C(=O)C(=Cc2ccc(N(C)C)cc2)SC1=NS(=O)(=O)c1ccc(Cl)s1. The highest BCUT2D eigenvalue weighted by atomic mass is 35.5. The number of hydrogen-bond acceptors (Lipinski definition) is 6. The number of hydrogen-bond donors (Lipinski definition) is 0. The number of amides is 1. The highest BCUT2D eigenvalue weighted by Crippen LogP contribution is 2.35. The van der Waals surface area contributed by atoms with Gasteiger partial charge in [0.15, 0.2) is 5.17 Å². The number of rotatable bonds is 6. The largest absolute Gasteiger partial charge is 0.378 e. The van der Waals surface area contributed by atoms with Crippen molar-refractivity contribution in [1.29, 1.82) is 0 Å². The summed E-state index contributed by atoms with van der Waals surface area (Å²) in [4.78, 5) is 16.5. The fraction of sp³-hybridized carbons (Fsp3) is 0.158. The van der Waals surface area contributed by atoms with E-state index in [1.807, 2.05) is 43.3 Å². The molecule has 0 radical (unpaired) electrons. The van der Waals surface area contributed by atoms with Crippen LogP contribution in [0.25, 0.3) is 6.08 Å². The van der Waals surface area contributed by atoms with Crippen molar-refractivity contribution in [2.24, 2.45) is 4.40 Å². The van der Waals surface area contributed by atoms with Crippen molar-refractivity contribution in [3.63, 3.8) is 0 Å². The number of carbonyl (C=O) groups excluding carboxylic acids is 1. The summed E-state index contributed by atoms with van der Waals surface area (Å²) >= 11 is 7.78. The molecule has 6 nitrogen and oxygen atoms in total. The number of sulfonamides is 1. The van der Waals surface area contributed by atoms with Crippen LogP contribution in [0.2, 0.25) is 4.34 Å². The maximum atomic E-state index is 12.8. The van der Waals surface area contributed by atoms with Gasteiger partial charge in [-0.05, 0) is 47.7 Å². The topological polar surface area (TPSA) is 70.1 Å². The zero-order chi connectivity index (χ0) is 21.2. The van der Waals surface area contributed by atoms with Crippen molar-refractivity contribution in [1.82, 2.24) is 4.90 Å². The lowest BCUT2D eigenvalue weighted by Crippen LogP contribution is -2.29. The number of thioether (sulfide) groups is 1. The molecule has 1 fully saturated rings. The van der Waals surface area contributed by atoms with Gasteiger partial charge >= 0.3 is 0 Å². The number of amidine groups is 1. The molecule has 3 rings (SSSR count). The molecule has 0 atom stereocenters. The molecule has 152 valence electrons. The van der Waals surface area contributed by atoms with Crippen LogP contribution in [0.15, 0.2) is 62.6 Å². The van der Waals surface area contributed by atoms with E-state index in [-0.39, 0.29) is 21.8 Å². The maximum absolute atomic E-state index is 12.8. The third-order valence-corrected chi connectivity index (χ3v) is 8.00. The molecule has 29 heavy (non-hydrogen) atoms. The minimum atomic E-state index is -3.97. The Bertz CT molecular complexity index is 1100. The van der Waals surface area contributed by atoms with Gasteiger partial charge in [-0.15, -0.1) is 22.3 Å². The zero-order valence-electron chi connectivity index (χ0n) is 15.7. The van der Waals surface area contributed by atoms with Crippen LogP contribution in [0, 0.1) is 0 Å². The lowest BCUT2D eigenvalue weighted by atomic mass is 10.2. The first kappa shape index (κ1) is 21.6. The molecule has 2 heterocycles. The predicted octanol–water partition coefficient (Wildman–Crippen LogP) is 4.31. The molecule has 1 aromatic heterocycles. The summed E-state index contributed by atoms with van der Waals surface area (Å²) in [6, 6.07) is 10.6. The summed E-state index contributed by atoms with van der Waals surface area (Å²) in [7, 11) is -0.0779. The van der Waals surface area contributed by atoms with Crippen molar-refractivity contribution in [3.8, 4) is 0 Å². The van der Waals surface area contributed by atoms with E-state index >= 15 is 0 Å². The van der Waals surface area contributed by atoms with Gasteiger partial charge in [0, 0.05) is 26.3 Å². The van der Waals surface area contributed by atoms with Crippen molar-refractivity contribution in [2.75, 3.05) is 25.5 Å². The second-order valence-corrected chi connectivity index (χ2v) is 10.8. The van der Waals surface area contributed by atoms with Crippen LogP contribution in [0.4, 0.5) is 5.69 Å². The average molecular weight is 468 g/mol. The molecule has 0 bridgehead atoms. The second kappa shape index (κ2) is 8.74. The number of anilines is 1. The molecule has 0 saturated carbocycles. The molecule has 0 unspecified atom stereocenters. The molecule has 1 saturated heterocycles. The highest BCUT2D eigenvalue weighted by Gasteiger charge is 2.34. The number of carbonyl (C=O) groups is 1. The lowest BCUT2D eigenvalue weighted by molar-refractivity contribution is -0.121. The Morgan fingerprint density at radius 3 is 2.45 bits per heavy atom. The molecule has 0 spiro atoms. The van der Waals surface area contributed by atoms with Crippen LogP contribution >= 0.6 is 34.7 Å². The number of benzene rings is 1. The second-order valence-electron chi connectivity index (χ2n) is 6.21. The van der Waals surface area contributed by atoms with Crippen LogP contribution in [-0.4, -0.2) is 45.0 Å². The smallest absolute Gasteiger partial charge is 0.294 e. The minimum absolute atomic E-state index is 0.0262. The first-order valence-corrected chi connectivity index (χ1v) is 11.9. The standard InChI is InChI=1S/C19H18ClN3O3S3/c1-4-11-23-18(24)15(12-13-5-7-14(8-6-13)22(2)3)27-19(23)21-29(25,26)17-10-9-16(20)28-17/h4-10,12H,1,11H2,2-3H3.